The Morgan fingerprint density at radius 1 is 1.35 bits per heavy atom. The molecule has 116 valence electrons. The molecule has 1 aliphatic rings. The van der Waals surface area contributed by atoms with Crippen LogP contribution < -0.4 is 5.73 Å². The number of hydrogen-bond donors (Lipinski definition) is 2. The van der Waals surface area contributed by atoms with Gasteiger partial charge in [-0.15, -0.1) is 0 Å². The highest BCUT2D eigenvalue weighted by Crippen LogP contribution is 2.27. The first kappa shape index (κ1) is 17.8. The third-order valence-corrected chi connectivity index (χ3v) is 5.24. The first-order valence-electron chi connectivity index (χ1n) is 7.97. The maximum atomic E-state index is 10.2. The average molecular weight is 298 g/mol. The highest BCUT2D eigenvalue weighted by molar-refractivity contribution is 7.99. The second-order valence-electron chi connectivity index (χ2n) is 5.90. The largest absolute Gasteiger partial charge is 0.388 e. The average Bonchev–Trinajstić information content (AvgIpc) is 2.50. The van der Waals surface area contributed by atoms with Crippen molar-refractivity contribution in [1.82, 2.24) is 0 Å². The molecular formula is C17H31NOS. The van der Waals surface area contributed by atoms with E-state index in [-0.39, 0.29) is 5.92 Å². The van der Waals surface area contributed by atoms with Crippen LogP contribution in [0.25, 0.3) is 0 Å². The van der Waals surface area contributed by atoms with Gasteiger partial charge >= 0.3 is 0 Å². The van der Waals surface area contributed by atoms with Crippen LogP contribution in [0.15, 0.2) is 23.8 Å². The van der Waals surface area contributed by atoms with Crippen molar-refractivity contribution in [3.8, 4) is 0 Å². The van der Waals surface area contributed by atoms with Crippen LogP contribution in [-0.2, 0) is 0 Å². The van der Waals surface area contributed by atoms with E-state index < -0.39 is 6.10 Å². The highest BCUT2D eigenvalue weighted by Gasteiger charge is 2.16. The molecule has 2 atom stereocenters. The predicted octanol–water partition coefficient (Wildman–Crippen LogP) is 3.76. The minimum absolute atomic E-state index is 0.112. The third-order valence-electron chi connectivity index (χ3n) is 4.13. The van der Waals surface area contributed by atoms with Crippen LogP contribution in [-0.4, -0.2) is 29.3 Å². The van der Waals surface area contributed by atoms with E-state index in [1.165, 1.54) is 37.9 Å². The molecule has 0 aromatic carbocycles. The molecule has 0 saturated heterocycles. The highest BCUT2D eigenvalue weighted by atomic mass is 32.2. The molecule has 2 unspecified atom stereocenters. The summed E-state index contributed by atoms with van der Waals surface area (Å²) in [5, 5.41) is 10.2. The lowest BCUT2D eigenvalue weighted by Gasteiger charge is -2.21. The molecule has 0 spiro atoms. The molecule has 20 heavy (non-hydrogen) atoms. The normalized spacial score (nSPS) is 21.3. The van der Waals surface area contributed by atoms with Crippen molar-refractivity contribution in [1.29, 1.82) is 0 Å². The zero-order valence-corrected chi connectivity index (χ0v) is 13.9. The molecule has 1 rings (SSSR count). The van der Waals surface area contributed by atoms with E-state index in [0.717, 1.165) is 17.2 Å². The van der Waals surface area contributed by atoms with Gasteiger partial charge in [-0.3, -0.25) is 0 Å². The lowest BCUT2D eigenvalue weighted by molar-refractivity contribution is 0.158. The third kappa shape index (κ3) is 6.47. The molecular weight excluding hydrogens is 266 g/mol. The smallest absolute Gasteiger partial charge is 0.0824 e. The zero-order chi connectivity index (χ0) is 14.8. The fraction of sp³-hybridized carbons (Fsp3) is 0.765. The minimum atomic E-state index is -0.438. The maximum Gasteiger partial charge on any atom is 0.0824 e. The first-order chi connectivity index (χ1) is 9.69. The topological polar surface area (TPSA) is 46.2 Å². The molecule has 1 saturated carbocycles. The molecule has 2 nitrogen and oxygen atoms in total. The van der Waals surface area contributed by atoms with Gasteiger partial charge in [0, 0.05) is 5.75 Å². The predicted molar refractivity (Wildman–Crippen MR) is 91.0 cm³/mol. The summed E-state index contributed by atoms with van der Waals surface area (Å²) in [5.74, 6) is 3.29. The van der Waals surface area contributed by atoms with Gasteiger partial charge in [0.05, 0.1) is 6.10 Å². The van der Waals surface area contributed by atoms with Crippen LogP contribution in [0.4, 0.5) is 0 Å². The van der Waals surface area contributed by atoms with Crippen molar-refractivity contribution in [2.75, 3.05) is 18.1 Å². The summed E-state index contributed by atoms with van der Waals surface area (Å²) in [6, 6.07) is 0. The van der Waals surface area contributed by atoms with Gasteiger partial charge in [-0.25, -0.2) is 0 Å². The Balaban J connectivity index is 2.38. The Bertz CT molecular complexity index is 308. The molecule has 1 fully saturated rings. The fourth-order valence-electron chi connectivity index (χ4n) is 2.68. The van der Waals surface area contributed by atoms with Gasteiger partial charge in [0.1, 0.15) is 0 Å². The minimum Gasteiger partial charge on any atom is -0.388 e. The summed E-state index contributed by atoms with van der Waals surface area (Å²) in [5.41, 5.74) is 6.66. The molecule has 0 aromatic rings. The number of aliphatic hydroxyl groups excluding tert-OH is 1. The van der Waals surface area contributed by atoms with E-state index >= 15 is 0 Å². The number of aliphatic hydroxyl groups is 1. The molecule has 3 N–H and O–H groups in total. The van der Waals surface area contributed by atoms with Crippen LogP contribution in [0.2, 0.25) is 0 Å². The number of nitrogens with two attached hydrogens (primary N) is 1. The van der Waals surface area contributed by atoms with Gasteiger partial charge in [0.15, 0.2) is 0 Å². The Kier molecular flexibility index (Phi) is 9.32. The van der Waals surface area contributed by atoms with Crippen LogP contribution in [0, 0.1) is 11.8 Å². The van der Waals surface area contributed by atoms with Crippen LogP contribution in [0.1, 0.15) is 46.0 Å². The van der Waals surface area contributed by atoms with Crippen LogP contribution >= 0.6 is 11.8 Å². The van der Waals surface area contributed by atoms with E-state index in [1.54, 1.807) is 0 Å². The molecule has 0 bridgehead atoms. The van der Waals surface area contributed by atoms with E-state index in [2.05, 4.69) is 6.08 Å². The number of hydrogen-bond acceptors (Lipinski definition) is 3. The maximum absolute atomic E-state index is 10.2. The van der Waals surface area contributed by atoms with Crippen molar-refractivity contribution in [3.63, 3.8) is 0 Å². The van der Waals surface area contributed by atoms with E-state index in [1.807, 2.05) is 37.8 Å². The van der Waals surface area contributed by atoms with E-state index in [0.29, 0.717) is 6.54 Å². The summed E-state index contributed by atoms with van der Waals surface area (Å²) < 4.78 is 0. The van der Waals surface area contributed by atoms with Gasteiger partial charge in [0.2, 0.25) is 0 Å². The first-order valence-corrected chi connectivity index (χ1v) is 9.13. The van der Waals surface area contributed by atoms with Gasteiger partial charge in [-0.1, -0.05) is 44.4 Å². The summed E-state index contributed by atoms with van der Waals surface area (Å²) in [6.07, 6.45) is 12.8. The summed E-state index contributed by atoms with van der Waals surface area (Å²) in [6.45, 7) is 4.51. The molecule has 3 heteroatoms. The molecule has 0 amide bonds. The number of allylic oxidation sites excluding steroid dienone is 1. The standard InChI is InChI=1S/C17H31NOS/c1-3-7-16(17(19)14(2)12-18)10-11-20-13-15-8-5-4-6-9-15/h3,7,10,14-15,17,19H,4-6,8-9,11-13,18H2,1-2H3/b7-3-,16-10+. The number of rotatable bonds is 8. The molecule has 0 heterocycles. The van der Waals surface area contributed by atoms with Crippen molar-refractivity contribution in [2.45, 2.75) is 52.1 Å². The quantitative estimate of drug-likeness (QED) is 0.530. The van der Waals surface area contributed by atoms with Crippen molar-refractivity contribution >= 4 is 11.8 Å². The lowest BCUT2D eigenvalue weighted by Crippen LogP contribution is -2.26. The Labute approximate surface area is 128 Å². The summed E-state index contributed by atoms with van der Waals surface area (Å²) >= 11 is 2.00. The van der Waals surface area contributed by atoms with Gasteiger partial charge < -0.3 is 10.8 Å². The van der Waals surface area contributed by atoms with E-state index in [4.69, 9.17) is 5.73 Å². The Morgan fingerprint density at radius 2 is 2.05 bits per heavy atom. The zero-order valence-electron chi connectivity index (χ0n) is 13.1. The molecule has 0 aromatic heterocycles. The Morgan fingerprint density at radius 3 is 2.65 bits per heavy atom. The van der Waals surface area contributed by atoms with Crippen molar-refractivity contribution in [3.05, 3.63) is 23.8 Å². The van der Waals surface area contributed by atoms with Gasteiger partial charge in [-0.05, 0) is 49.5 Å². The van der Waals surface area contributed by atoms with Gasteiger partial charge in [0.25, 0.3) is 0 Å². The molecule has 1 aliphatic carbocycles. The molecule has 0 aliphatic heterocycles. The SMILES string of the molecule is C/C=C\C(=C/CSCC1CCCCC1)C(O)C(C)CN. The molecule has 0 radical (unpaired) electrons. The van der Waals surface area contributed by atoms with Crippen molar-refractivity contribution in [2.24, 2.45) is 17.6 Å². The van der Waals surface area contributed by atoms with Crippen LogP contribution in [0.3, 0.4) is 0 Å². The fourth-order valence-corrected chi connectivity index (χ4v) is 3.79. The lowest BCUT2D eigenvalue weighted by atomic mass is 9.91. The second kappa shape index (κ2) is 10.5. The second-order valence-corrected chi connectivity index (χ2v) is 6.98. The van der Waals surface area contributed by atoms with Crippen molar-refractivity contribution < 1.29 is 5.11 Å². The van der Waals surface area contributed by atoms with Crippen LogP contribution in [0.5, 0.6) is 0 Å². The number of thioether (sulfide) groups is 1. The Hall–Kier alpha value is -0.250. The summed E-state index contributed by atoms with van der Waals surface area (Å²) in [7, 11) is 0. The summed E-state index contributed by atoms with van der Waals surface area (Å²) in [4.78, 5) is 0. The van der Waals surface area contributed by atoms with Gasteiger partial charge in [-0.2, -0.15) is 11.8 Å². The van der Waals surface area contributed by atoms with E-state index in [9.17, 15) is 5.11 Å². The monoisotopic (exact) mass is 297 g/mol.